The maximum atomic E-state index is 13.0. The molecule has 0 fully saturated rings. The van der Waals surface area contributed by atoms with Crippen LogP contribution in [0.3, 0.4) is 0 Å². The first kappa shape index (κ1) is 15.2. The minimum absolute atomic E-state index is 0.0759. The highest BCUT2D eigenvalue weighted by Crippen LogP contribution is 2.17. The molecule has 1 aromatic carbocycles. The number of carboxylic acid groups (broad SMARTS) is 1. The number of nitrogens with one attached hydrogen (secondary N) is 3. The lowest BCUT2D eigenvalue weighted by molar-refractivity contribution is 0.0698. The number of carbonyl (C=O) groups is 3. The molecule has 1 aromatic rings. The average molecular weight is 284 g/mol. The molecule has 0 unspecified atom stereocenters. The maximum absolute atomic E-state index is 13.0. The lowest BCUT2D eigenvalue weighted by atomic mass is 10.2. The Balaban J connectivity index is 2.59. The predicted octanol–water partition coefficient (Wildman–Crippen LogP) is 0.314. The lowest BCUT2D eigenvalue weighted by Gasteiger charge is -2.10. The van der Waals surface area contributed by atoms with Crippen molar-refractivity contribution in [2.45, 2.75) is 0 Å². The van der Waals surface area contributed by atoms with Crippen molar-refractivity contribution in [3.05, 3.63) is 29.6 Å². The van der Waals surface area contributed by atoms with Gasteiger partial charge in [0.2, 0.25) is 0 Å². The molecule has 8 nitrogen and oxygen atoms in total. The summed E-state index contributed by atoms with van der Waals surface area (Å²) in [5.41, 5.74) is 4.41. The Kier molecular flexibility index (Phi) is 5.27. The summed E-state index contributed by atoms with van der Waals surface area (Å²) in [6, 6.07) is 1.45. The van der Waals surface area contributed by atoms with Gasteiger partial charge in [0.25, 0.3) is 0 Å². The van der Waals surface area contributed by atoms with E-state index in [0.717, 1.165) is 18.2 Å². The van der Waals surface area contributed by atoms with Gasteiger partial charge >= 0.3 is 18.0 Å². The molecule has 4 amide bonds. The van der Waals surface area contributed by atoms with Crippen LogP contribution in [0.4, 0.5) is 19.7 Å². The van der Waals surface area contributed by atoms with Crippen molar-refractivity contribution >= 4 is 23.7 Å². The molecule has 0 bridgehead atoms. The Labute approximate surface area is 113 Å². The van der Waals surface area contributed by atoms with E-state index in [2.05, 4.69) is 16.0 Å². The van der Waals surface area contributed by atoms with E-state index in [4.69, 9.17) is 10.8 Å². The second kappa shape index (κ2) is 6.92. The molecule has 20 heavy (non-hydrogen) atoms. The van der Waals surface area contributed by atoms with Crippen LogP contribution in [0.1, 0.15) is 10.4 Å². The molecule has 0 radical (unpaired) electrons. The first-order valence-electron chi connectivity index (χ1n) is 5.51. The van der Waals surface area contributed by atoms with Crippen molar-refractivity contribution in [1.82, 2.24) is 10.6 Å². The second-order valence-electron chi connectivity index (χ2n) is 3.67. The molecular formula is C11H13FN4O4. The fraction of sp³-hybridized carbons (Fsp3) is 0.182. The number of urea groups is 2. The predicted molar refractivity (Wildman–Crippen MR) is 68.0 cm³/mol. The zero-order valence-electron chi connectivity index (χ0n) is 10.3. The van der Waals surface area contributed by atoms with Crippen molar-refractivity contribution in [3.8, 4) is 0 Å². The first-order valence-corrected chi connectivity index (χ1v) is 5.51. The van der Waals surface area contributed by atoms with E-state index < -0.39 is 23.8 Å². The van der Waals surface area contributed by atoms with Crippen molar-refractivity contribution in [1.29, 1.82) is 0 Å². The third-order valence-corrected chi connectivity index (χ3v) is 2.17. The average Bonchev–Trinajstić information content (AvgIpc) is 2.34. The molecule has 0 spiro atoms. The van der Waals surface area contributed by atoms with Gasteiger partial charge in [0.15, 0.2) is 0 Å². The molecular weight excluding hydrogens is 271 g/mol. The summed E-state index contributed by atoms with van der Waals surface area (Å²) in [6.45, 7) is 0.185. The highest BCUT2D eigenvalue weighted by atomic mass is 19.1. The Morgan fingerprint density at radius 2 is 1.85 bits per heavy atom. The summed E-state index contributed by atoms with van der Waals surface area (Å²) >= 11 is 0. The number of aromatic carboxylic acids is 1. The van der Waals surface area contributed by atoms with Gasteiger partial charge in [0, 0.05) is 13.1 Å². The van der Waals surface area contributed by atoms with E-state index in [1.807, 2.05) is 0 Å². The van der Waals surface area contributed by atoms with Gasteiger partial charge in [-0.25, -0.2) is 18.8 Å². The number of hydrogen-bond donors (Lipinski definition) is 5. The number of primary amides is 1. The van der Waals surface area contributed by atoms with Gasteiger partial charge in [-0.2, -0.15) is 0 Å². The number of halogens is 1. The van der Waals surface area contributed by atoms with Gasteiger partial charge in [-0.1, -0.05) is 0 Å². The molecule has 0 aliphatic rings. The van der Waals surface area contributed by atoms with E-state index in [1.165, 1.54) is 0 Å². The molecule has 0 aliphatic heterocycles. The van der Waals surface area contributed by atoms with Crippen molar-refractivity contribution in [3.63, 3.8) is 0 Å². The van der Waals surface area contributed by atoms with Crippen LogP contribution in [0.2, 0.25) is 0 Å². The molecule has 0 saturated carbocycles. The van der Waals surface area contributed by atoms with Gasteiger partial charge < -0.3 is 26.8 Å². The van der Waals surface area contributed by atoms with Crippen molar-refractivity contribution < 1.29 is 23.9 Å². The van der Waals surface area contributed by atoms with Gasteiger partial charge in [-0.15, -0.1) is 0 Å². The zero-order valence-corrected chi connectivity index (χ0v) is 10.3. The summed E-state index contributed by atoms with van der Waals surface area (Å²) in [5.74, 6) is -1.98. The van der Waals surface area contributed by atoms with Crippen LogP contribution < -0.4 is 21.7 Å². The molecule has 0 aromatic heterocycles. The second-order valence-corrected chi connectivity index (χ2v) is 3.67. The number of rotatable bonds is 5. The van der Waals surface area contributed by atoms with Crippen LogP contribution in [0.5, 0.6) is 0 Å². The van der Waals surface area contributed by atoms with Crippen LogP contribution in [-0.2, 0) is 0 Å². The number of carbonyl (C=O) groups excluding carboxylic acids is 2. The minimum Gasteiger partial charge on any atom is -0.478 e. The fourth-order valence-electron chi connectivity index (χ4n) is 1.33. The zero-order chi connectivity index (χ0) is 15.1. The van der Waals surface area contributed by atoms with Crippen molar-refractivity contribution in [2.75, 3.05) is 18.4 Å². The van der Waals surface area contributed by atoms with E-state index in [9.17, 15) is 18.8 Å². The number of nitrogens with two attached hydrogens (primary N) is 1. The van der Waals surface area contributed by atoms with Gasteiger partial charge in [-0.05, 0) is 18.2 Å². The third kappa shape index (κ3) is 4.80. The molecule has 1 rings (SSSR count). The Morgan fingerprint density at radius 3 is 2.45 bits per heavy atom. The summed E-state index contributed by atoms with van der Waals surface area (Å²) in [5, 5.41) is 15.7. The van der Waals surface area contributed by atoms with E-state index in [-0.39, 0.29) is 24.3 Å². The van der Waals surface area contributed by atoms with Crippen molar-refractivity contribution in [2.24, 2.45) is 5.73 Å². The number of amides is 4. The summed E-state index contributed by atoms with van der Waals surface area (Å²) in [4.78, 5) is 32.7. The highest BCUT2D eigenvalue weighted by Gasteiger charge is 2.13. The Morgan fingerprint density at radius 1 is 1.20 bits per heavy atom. The molecule has 0 saturated heterocycles. The molecule has 108 valence electrons. The largest absolute Gasteiger partial charge is 0.478 e. The van der Waals surface area contributed by atoms with Gasteiger partial charge in [0.1, 0.15) is 5.82 Å². The fourth-order valence-corrected chi connectivity index (χ4v) is 1.33. The summed E-state index contributed by atoms with van der Waals surface area (Å²) in [6.07, 6.45) is 0. The van der Waals surface area contributed by atoms with E-state index in [0.29, 0.717) is 0 Å². The van der Waals surface area contributed by atoms with Gasteiger partial charge in [-0.3, -0.25) is 0 Å². The standard InChI is InChI=1S/C11H13FN4O4/c12-6-1-2-7(9(17)18)8(5-6)16-11(20)15-4-3-14-10(13)19/h1-2,5H,3-4H2,(H,17,18)(H3,13,14,19)(H2,15,16,20). The normalized spacial score (nSPS) is 9.65. The topological polar surface area (TPSA) is 134 Å². The summed E-state index contributed by atoms with van der Waals surface area (Å²) < 4.78 is 13.0. The SMILES string of the molecule is NC(=O)NCCNC(=O)Nc1cc(F)ccc1C(=O)O. The molecule has 0 heterocycles. The number of hydrogen-bond acceptors (Lipinski definition) is 3. The quantitative estimate of drug-likeness (QED) is 0.497. The molecule has 6 N–H and O–H groups in total. The monoisotopic (exact) mass is 284 g/mol. The van der Waals surface area contributed by atoms with Crippen LogP contribution in [0, 0.1) is 5.82 Å². The lowest BCUT2D eigenvalue weighted by Crippen LogP contribution is -2.38. The third-order valence-electron chi connectivity index (χ3n) is 2.17. The van der Waals surface area contributed by atoms with Gasteiger partial charge in [0.05, 0.1) is 11.3 Å². The molecule has 9 heteroatoms. The van der Waals surface area contributed by atoms with E-state index >= 15 is 0 Å². The first-order chi connectivity index (χ1) is 9.40. The Hall–Kier alpha value is -2.84. The van der Waals surface area contributed by atoms with Crippen LogP contribution in [-0.4, -0.2) is 36.2 Å². The van der Waals surface area contributed by atoms with E-state index in [1.54, 1.807) is 0 Å². The minimum atomic E-state index is -1.30. The van der Waals surface area contributed by atoms with Crippen LogP contribution >= 0.6 is 0 Å². The smallest absolute Gasteiger partial charge is 0.337 e. The van der Waals surface area contributed by atoms with Crippen LogP contribution in [0.25, 0.3) is 0 Å². The van der Waals surface area contributed by atoms with Crippen LogP contribution in [0.15, 0.2) is 18.2 Å². The number of carboxylic acids is 1. The molecule has 0 atom stereocenters. The highest BCUT2D eigenvalue weighted by molar-refractivity contribution is 5.99. The maximum Gasteiger partial charge on any atom is 0.337 e. The molecule has 0 aliphatic carbocycles. The summed E-state index contributed by atoms with van der Waals surface area (Å²) in [7, 11) is 0. The number of benzene rings is 1. The Bertz CT molecular complexity index is 535. The number of anilines is 1.